The number of hydrogen-bond donors (Lipinski definition) is 0. The molecule has 0 nitrogen and oxygen atoms in total. The molecule has 0 amide bonds. The van der Waals surface area contributed by atoms with Crippen molar-refractivity contribution in [2.75, 3.05) is 6.26 Å². The number of halogens is 1. The first-order chi connectivity index (χ1) is 4.74. The molecule has 0 aromatic heterocycles. The number of benzene rings is 1. The summed E-state index contributed by atoms with van der Waals surface area (Å²) >= 11 is 5.20. The van der Waals surface area contributed by atoms with E-state index in [4.69, 9.17) is 0 Å². The van der Waals surface area contributed by atoms with Gasteiger partial charge in [-0.25, -0.2) is 0 Å². The summed E-state index contributed by atoms with van der Waals surface area (Å²) < 4.78 is 1.16. The van der Waals surface area contributed by atoms with Gasteiger partial charge < -0.3 is 0 Å². The van der Waals surface area contributed by atoms with Crippen molar-refractivity contribution in [3.63, 3.8) is 0 Å². The average molecular weight is 243 g/mol. The Kier molecular flexibility index (Phi) is 5.87. The highest BCUT2D eigenvalue weighted by Crippen LogP contribution is 2.22. The molecule has 0 heterocycles. The van der Waals surface area contributed by atoms with Gasteiger partial charge in [-0.15, -0.1) is 11.8 Å². The Labute approximate surface area is 96.4 Å². The second-order valence-electron chi connectivity index (χ2n) is 2.11. The van der Waals surface area contributed by atoms with Crippen LogP contribution in [0.3, 0.4) is 0 Å². The normalized spacial score (nSPS) is 9.00. The number of aryl methyl sites for hydroxylation is 1. The van der Waals surface area contributed by atoms with Crippen molar-refractivity contribution in [3.8, 4) is 0 Å². The van der Waals surface area contributed by atoms with Gasteiger partial charge in [-0.3, -0.25) is 0 Å². The molecule has 0 fully saturated rings. The monoisotopic (exact) mass is 242 g/mol. The van der Waals surface area contributed by atoms with E-state index in [1.807, 2.05) is 0 Å². The second kappa shape index (κ2) is 5.46. The molecule has 0 atom stereocenters. The Hall–Kier alpha value is 0.816. The lowest BCUT2D eigenvalue weighted by Crippen LogP contribution is -1.76. The van der Waals surface area contributed by atoms with Crippen LogP contribution >= 0.6 is 27.7 Å². The smallest absolute Gasteiger partial charge is 0.129 e. The number of rotatable bonds is 1. The Balaban J connectivity index is 0.000001000. The molecule has 0 saturated carbocycles. The molecule has 0 aliphatic heterocycles. The SMILES string of the molecule is CSc1ccc(Br)cc1C.[MgH2]. The van der Waals surface area contributed by atoms with Gasteiger partial charge in [0.1, 0.15) is 0 Å². The lowest BCUT2D eigenvalue weighted by molar-refractivity contribution is 1.29. The van der Waals surface area contributed by atoms with E-state index in [0.29, 0.717) is 0 Å². The predicted molar refractivity (Wildman–Crippen MR) is 59.2 cm³/mol. The zero-order valence-electron chi connectivity index (χ0n) is 6.02. The van der Waals surface area contributed by atoms with Crippen LogP contribution in [0.1, 0.15) is 5.56 Å². The van der Waals surface area contributed by atoms with Crippen molar-refractivity contribution >= 4 is 50.7 Å². The van der Waals surface area contributed by atoms with E-state index < -0.39 is 0 Å². The van der Waals surface area contributed by atoms with Crippen LogP contribution in [0, 0.1) is 6.92 Å². The second-order valence-corrected chi connectivity index (χ2v) is 3.88. The highest BCUT2D eigenvalue weighted by Gasteiger charge is 1.94. The minimum atomic E-state index is 0. The standard InChI is InChI=1S/C8H9BrS.Mg.2H/c1-6-5-7(9)3-4-8(6)10-2;;;/h3-5H,1-2H3;;;. The molecule has 0 N–H and O–H groups in total. The molecule has 0 spiro atoms. The molecule has 0 unspecified atom stereocenters. The van der Waals surface area contributed by atoms with Gasteiger partial charge in [-0.2, -0.15) is 0 Å². The first-order valence-corrected chi connectivity index (χ1v) is 5.06. The first-order valence-electron chi connectivity index (χ1n) is 3.04. The van der Waals surface area contributed by atoms with Gasteiger partial charge in [0.15, 0.2) is 0 Å². The van der Waals surface area contributed by atoms with Crippen LogP contribution in [-0.2, 0) is 0 Å². The third-order valence-corrected chi connectivity index (χ3v) is 2.75. The van der Waals surface area contributed by atoms with Gasteiger partial charge in [0.2, 0.25) is 0 Å². The molecule has 1 aromatic carbocycles. The van der Waals surface area contributed by atoms with Crippen molar-refractivity contribution < 1.29 is 0 Å². The highest BCUT2D eigenvalue weighted by molar-refractivity contribution is 9.10. The summed E-state index contributed by atoms with van der Waals surface area (Å²) in [5, 5.41) is 0. The fourth-order valence-electron chi connectivity index (χ4n) is 0.842. The predicted octanol–water partition coefficient (Wildman–Crippen LogP) is 2.56. The molecule has 11 heavy (non-hydrogen) atoms. The summed E-state index contributed by atoms with van der Waals surface area (Å²) in [5.41, 5.74) is 1.34. The lowest BCUT2D eigenvalue weighted by Gasteiger charge is -2.00. The van der Waals surface area contributed by atoms with Crippen LogP contribution in [0.15, 0.2) is 27.6 Å². The zero-order valence-corrected chi connectivity index (χ0v) is 8.42. The highest BCUT2D eigenvalue weighted by atomic mass is 79.9. The van der Waals surface area contributed by atoms with Gasteiger partial charge in [0, 0.05) is 9.37 Å². The molecule has 1 aromatic rings. The Morgan fingerprint density at radius 3 is 2.45 bits per heavy atom. The molecule has 58 valence electrons. The van der Waals surface area contributed by atoms with Crippen molar-refractivity contribution in [2.45, 2.75) is 11.8 Å². The van der Waals surface area contributed by atoms with Crippen molar-refractivity contribution in [1.29, 1.82) is 0 Å². The molecule has 1 rings (SSSR count). The summed E-state index contributed by atoms with van der Waals surface area (Å²) in [7, 11) is 0. The molecule has 0 bridgehead atoms. The summed E-state index contributed by atoms with van der Waals surface area (Å²) in [4.78, 5) is 1.35. The van der Waals surface area contributed by atoms with Crippen LogP contribution in [0.25, 0.3) is 0 Å². The minimum Gasteiger partial charge on any atom is -0.129 e. The van der Waals surface area contributed by atoms with Crippen LogP contribution in [0.4, 0.5) is 0 Å². The molecular formula is C8H11BrMgS. The summed E-state index contributed by atoms with van der Waals surface area (Å²) in [5.74, 6) is 0. The Morgan fingerprint density at radius 2 is 2.00 bits per heavy atom. The van der Waals surface area contributed by atoms with E-state index in [2.05, 4.69) is 47.3 Å². The van der Waals surface area contributed by atoms with E-state index in [-0.39, 0.29) is 23.1 Å². The fourth-order valence-corrected chi connectivity index (χ4v) is 1.90. The quantitative estimate of drug-likeness (QED) is 0.540. The van der Waals surface area contributed by atoms with E-state index in [0.717, 1.165) is 4.47 Å². The summed E-state index contributed by atoms with van der Waals surface area (Å²) in [6, 6.07) is 6.33. The zero-order chi connectivity index (χ0) is 7.56. The van der Waals surface area contributed by atoms with E-state index >= 15 is 0 Å². The van der Waals surface area contributed by atoms with E-state index in [1.54, 1.807) is 11.8 Å². The maximum absolute atomic E-state index is 3.42. The third kappa shape index (κ3) is 3.36. The van der Waals surface area contributed by atoms with Gasteiger partial charge in [0.05, 0.1) is 0 Å². The Bertz CT molecular complexity index is 238. The van der Waals surface area contributed by atoms with Gasteiger partial charge in [-0.05, 0) is 36.9 Å². The molecule has 0 aliphatic carbocycles. The number of hydrogen-bond acceptors (Lipinski definition) is 1. The van der Waals surface area contributed by atoms with Crippen LogP contribution in [0.5, 0.6) is 0 Å². The maximum Gasteiger partial charge on any atom is 0.316 e. The minimum absolute atomic E-state index is 0. The third-order valence-electron chi connectivity index (χ3n) is 1.36. The van der Waals surface area contributed by atoms with Crippen molar-refractivity contribution in [3.05, 3.63) is 28.2 Å². The molecule has 0 saturated heterocycles. The average Bonchev–Trinajstić information content (AvgIpc) is 1.88. The number of thioether (sulfide) groups is 1. The first kappa shape index (κ1) is 11.8. The summed E-state index contributed by atoms with van der Waals surface area (Å²) in [6.07, 6.45) is 2.09. The van der Waals surface area contributed by atoms with E-state index in [9.17, 15) is 0 Å². The largest absolute Gasteiger partial charge is 0.316 e. The summed E-state index contributed by atoms with van der Waals surface area (Å²) in [6.45, 7) is 2.12. The molecule has 3 heteroatoms. The lowest BCUT2D eigenvalue weighted by atomic mass is 10.2. The van der Waals surface area contributed by atoms with Crippen LogP contribution in [0.2, 0.25) is 0 Å². The molecular weight excluding hydrogens is 232 g/mol. The fraction of sp³-hybridized carbons (Fsp3) is 0.250. The van der Waals surface area contributed by atoms with Crippen molar-refractivity contribution in [1.82, 2.24) is 0 Å². The topological polar surface area (TPSA) is 0 Å². The molecule has 0 aliphatic rings. The van der Waals surface area contributed by atoms with E-state index in [1.165, 1.54) is 10.5 Å². The molecule has 0 radical (unpaired) electrons. The van der Waals surface area contributed by atoms with Crippen molar-refractivity contribution in [2.24, 2.45) is 0 Å². The Morgan fingerprint density at radius 1 is 1.36 bits per heavy atom. The van der Waals surface area contributed by atoms with Gasteiger partial charge in [0.25, 0.3) is 0 Å². The van der Waals surface area contributed by atoms with Crippen LogP contribution < -0.4 is 0 Å². The van der Waals surface area contributed by atoms with Gasteiger partial charge >= 0.3 is 23.1 Å². The maximum atomic E-state index is 3.42. The van der Waals surface area contributed by atoms with Crippen LogP contribution in [-0.4, -0.2) is 29.3 Å². The van der Waals surface area contributed by atoms with Gasteiger partial charge in [-0.1, -0.05) is 15.9 Å².